The van der Waals surface area contributed by atoms with Crippen molar-refractivity contribution < 1.29 is 117 Å². The van der Waals surface area contributed by atoms with Gasteiger partial charge in [0.15, 0.2) is 0 Å². The van der Waals surface area contributed by atoms with Gasteiger partial charge in [0.05, 0.1) is 50.2 Å². The Kier molecular flexibility index (Phi) is 43.4. The molecule has 17 atom stereocenters. The van der Waals surface area contributed by atoms with Crippen LogP contribution < -0.4 is 75.3 Å². The minimum atomic E-state index is -1.82. The fourth-order valence-corrected chi connectivity index (χ4v) is 18.8. The summed E-state index contributed by atoms with van der Waals surface area (Å²) in [6.07, 6.45) is -2.31. The fraction of sp³-hybridized carbons (Fsp3) is 0.588. The van der Waals surface area contributed by atoms with Gasteiger partial charge in [0.1, 0.15) is 96.9 Å². The summed E-state index contributed by atoms with van der Waals surface area (Å²) in [6.45, 7) is 7.78. The third kappa shape index (κ3) is 32.8. The number of aliphatic hydroxyl groups excluding tert-OH is 3. The molecule has 143 heavy (non-hydrogen) atoms. The van der Waals surface area contributed by atoms with Crippen LogP contribution in [-0.4, -0.2) is 361 Å². The molecular formula is C97H141N21O24S. The Balaban J connectivity index is 1.17. The first-order chi connectivity index (χ1) is 67.9. The van der Waals surface area contributed by atoms with Gasteiger partial charge in [-0.1, -0.05) is 116 Å². The summed E-state index contributed by atoms with van der Waals surface area (Å²) >= 11 is 0.778. The number of rotatable bonds is 23. The smallest absolute Gasteiger partial charge is 0.323 e. The van der Waals surface area contributed by atoms with E-state index in [9.17, 15) is 63.9 Å². The summed E-state index contributed by atoms with van der Waals surface area (Å²) in [5.74, 6) is -19.3. The molecule has 45 nitrogen and oxygen atoms in total. The van der Waals surface area contributed by atoms with E-state index < -0.39 is 285 Å². The van der Waals surface area contributed by atoms with Crippen LogP contribution in [-0.2, 0) is 117 Å². The van der Waals surface area contributed by atoms with E-state index in [4.69, 9.17) is 16.2 Å². The van der Waals surface area contributed by atoms with Gasteiger partial charge >= 0.3 is 5.97 Å². The number of ether oxygens (including phenoxy) is 1. The van der Waals surface area contributed by atoms with Crippen LogP contribution in [0.1, 0.15) is 149 Å². The maximum absolute atomic E-state index is 16.2. The number of phenolic OH excluding ortho intramolecular Hbond substituents is 1. The minimum Gasteiger partial charge on any atom is -0.508 e. The first-order valence-corrected chi connectivity index (χ1v) is 49.8. The van der Waals surface area contributed by atoms with Crippen LogP contribution in [0.3, 0.4) is 0 Å². The molecule has 22 N–H and O–H groups in total. The number of amides is 17. The molecule has 5 aromatic rings. The third-order valence-electron chi connectivity index (χ3n) is 25.7. The number of nitrogens with zero attached hydrogens (tertiary/aromatic N) is 6. The monoisotopic (exact) mass is 2020 g/mol. The highest BCUT2D eigenvalue weighted by atomic mass is 32.2. The first-order valence-electron chi connectivity index (χ1n) is 48.7. The Labute approximate surface area is 833 Å². The summed E-state index contributed by atoms with van der Waals surface area (Å²) in [7, 11) is 3.89. The van der Waals surface area contributed by atoms with Gasteiger partial charge in [-0.3, -0.25) is 86.3 Å². The van der Waals surface area contributed by atoms with Crippen LogP contribution in [0.2, 0.25) is 0 Å². The number of aromatic nitrogens is 2. The molecule has 4 aliphatic rings. The van der Waals surface area contributed by atoms with Crippen LogP contribution in [0.5, 0.6) is 5.75 Å². The largest absolute Gasteiger partial charge is 0.508 e. The zero-order valence-electron chi connectivity index (χ0n) is 82.6. The Morgan fingerprint density at radius 1 is 0.538 bits per heavy atom. The van der Waals surface area contributed by atoms with Gasteiger partial charge in [0, 0.05) is 120 Å². The zero-order chi connectivity index (χ0) is 105. The van der Waals surface area contributed by atoms with Gasteiger partial charge in [-0.05, 0) is 111 Å². The Morgan fingerprint density at radius 2 is 1.10 bits per heavy atom. The summed E-state index contributed by atoms with van der Waals surface area (Å²) in [5.41, 5.74) is 13.4. The number of β-amino-alcohol motifs (C(OH)–C–C–N with tert-alkyl or cyclic N) is 2. The number of aliphatic carboxylic acids is 1. The van der Waals surface area contributed by atoms with E-state index in [1.165, 1.54) is 63.1 Å². The van der Waals surface area contributed by atoms with Gasteiger partial charge in [0.2, 0.25) is 100 Å². The Morgan fingerprint density at radius 3 is 1.77 bits per heavy atom. The van der Waals surface area contributed by atoms with E-state index in [-0.39, 0.29) is 95.6 Å². The van der Waals surface area contributed by atoms with Gasteiger partial charge < -0.3 is 140 Å². The van der Waals surface area contributed by atoms with Crippen molar-refractivity contribution in [2.45, 2.75) is 261 Å². The highest BCUT2D eigenvalue weighted by molar-refractivity contribution is 8.00. The van der Waals surface area contributed by atoms with Crippen molar-refractivity contribution >= 4 is 140 Å². The van der Waals surface area contributed by atoms with Crippen molar-refractivity contribution in [3.05, 3.63) is 102 Å². The molecule has 2 unspecified atom stereocenters. The molecule has 0 saturated carbocycles. The van der Waals surface area contributed by atoms with Crippen LogP contribution in [0.25, 0.3) is 21.8 Å². The van der Waals surface area contributed by atoms with Crippen LogP contribution in [0.4, 0.5) is 0 Å². The number of nitrogens with one attached hydrogen (secondary N) is 13. The lowest BCUT2D eigenvalue weighted by Gasteiger charge is -2.36. The fourth-order valence-electron chi connectivity index (χ4n) is 18.0. The van der Waals surface area contributed by atoms with Crippen molar-refractivity contribution in [3.8, 4) is 5.75 Å². The highest BCUT2D eigenvalue weighted by Gasteiger charge is 2.47. The number of aromatic amines is 1. The number of thioether (sulfide) groups is 1. The molecule has 9 rings (SSSR count). The Bertz CT molecular complexity index is 5310. The van der Waals surface area contributed by atoms with Crippen molar-refractivity contribution in [2.24, 2.45) is 23.3 Å². The number of hydrogen-bond acceptors (Lipinski definition) is 26. The molecule has 0 radical (unpaired) electrons. The van der Waals surface area contributed by atoms with Crippen molar-refractivity contribution in [1.29, 1.82) is 0 Å². The number of aliphatic hydroxyl groups is 3. The lowest BCUT2D eigenvalue weighted by atomic mass is 9.99. The van der Waals surface area contributed by atoms with E-state index in [0.717, 1.165) is 36.3 Å². The van der Waals surface area contributed by atoms with Crippen molar-refractivity contribution in [1.82, 2.24) is 97.9 Å². The van der Waals surface area contributed by atoms with Gasteiger partial charge in [-0.25, -0.2) is 0 Å². The van der Waals surface area contributed by atoms with Crippen LogP contribution in [0.15, 0.2) is 85.2 Å². The van der Waals surface area contributed by atoms with E-state index in [0.29, 0.717) is 64.2 Å². The topological polar surface area (TPSA) is 651 Å². The lowest BCUT2D eigenvalue weighted by molar-refractivity contribution is -0.149. The van der Waals surface area contributed by atoms with Gasteiger partial charge in [0.25, 0.3) is 0 Å². The predicted octanol–water partition coefficient (Wildman–Crippen LogP) is -3.22. The molecule has 3 aromatic carbocycles. The number of carbonyl (C=O) groups is 18. The third-order valence-corrected chi connectivity index (χ3v) is 26.8. The summed E-state index contributed by atoms with van der Waals surface area (Å²) < 4.78 is 7.20. The molecule has 4 saturated heterocycles. The van der Waals surface area contributed by atoms with E-state index in [1.54, 1.807) is 82.4 Å². The van der Waals surface area contributed by atoms with Gasteiger partial charge in [-0.2, -0.15) is 0 Å². The van der Waals surface area contributed by atoms with E-state index in [1.807, 2.05) is 13.8 Å². The molecule has 784 valence electrons. The molecule has 2 aromatic heterocycles. The number of fused-ring (bicyclic) bond motifs is 12. The number of unbranched alkanes of at least 4 members (excludes halogenated alkanes) is 2. The summed E-state index contributed by atoms with van der Waals surface area (Å²) in [5, 5.41) is 88.9. The summed E-state index contributed by atoms with van der Waals surface area (Å²) in [6, 6.07) is -2.87. The molecule has 4 aliphatic heterocycles. The second-order valence-electron chi connectivity index (χ2n) is 38.0. The minimum absolute atomic E-state index is 0.0188. The standard InChI is InChI=1S/C97H141N21O24S/c1-11-13-23-76-90(134)106-67(34-53(3)4)87(131)112-74(85(129)103-45-81(99)124)51-143-52-82(125)104-70(36-56-27-29-59(119)30-28-56)93(137)113(8)55(7)84(128)108-72(40-80(98)123)95(139)117-33-19-26-77(117)91(135)111-73-44-101-43-62(122)50-142-49-61(121)42-100-32-31-66(86(130)110-71(94(138)115(10)78(24-14-12-2)97(141)114(76)9)38-58-46-116(48-83(126)127)75-25-18-16-21-64(58)75)105-88(132)68(37-57-41-102-65-22-17-15-20-63(57)65)107-92(136)79-39-60(120)47-118(79)96(140)69(35-54(5)6)109-89(73)133/h15-18,20-22,25,27-30,41,46,53-55,60-62,66-74,76-79,100-102,119-122H,11-14,19,23-24,26,31-40,42-45,47-52H2,1-10H3,(H2,98,123)(H2,99,124)(H,103,129)(H,104,125)(H,105,132)(H,106,134)(H,107,136)(H,108,128)(H,109,133)(H,110,130)(H,111,135)(H,112,131)(H,126,127)/t55-,60+,61?,62?,66-,67-,68-,69-,70-,71-,72-,73-,74-,76-,77-,78-,79-/m0/s1. The summed E-state index contributed by atoms with van der Waals surface area (Å²) in [4.78, 5) is 275. The SMILES string of the molecule is CCCC[C@H]1C(=O)N(C)[C@@H](CCCC)C(=O)N[C@@H](CC(C)C)C(=O)N[C@H](C(=O)NCC(N)=O)CSCC(=O)N[C@@H](Cc2ccc(O)cc2)C(=O)N(C)[C@@H](C)C(=O)N[C@@H](CC(N)=O)C(=O)N2CCC[C@H]2C(=O)N[C@H]2CNCC(O)COCC(O)CNCC[C@H](NC(=O)[C@H](Cc3c[nH]c4ccccc34)NC(=O)[C@@H]3C[C@@H](O)CN3C(=O)[C@H](CC(C)C)NC2=O)C(=O)N[C@@H](Cc2cn(CC(=O)O)c3ccccc23)C(=O)N1C. The maximum Gasteiger partial charge on any atom is 0.323 e. The number of primary amides is 2. The maximum atomic E-state index is 16.2. The van der Waals surface area contributed by atoms with Crippen molar-refractivity contribution in [2.75, 3.05) is 91.7 Å². The van der Waals surface area contributed by atoms with Crippen LogP contribution in [0, 0.1) is 11.8 Å². The number of hydrogen-bond donors (Lipinski definition) is 20. The molecular weight excluding hydrogens is 1880 g/mol. The number of carboxylic acids is 1. The normalized spacial score (nSPS) is 26.3. The van der Waals surface area contributed by atoms with Crippen LogP contribution >= 0.6 is 11.8 Å². The molecule has 4 fully saturated rings. The molecule has 2 bridgehead atoms. The molecule has 0 aliphatic carbocycles. The predicted molar refractivity (Wildman–Crippen MR) is 525 cm³/mol. The first kappa shape index (κ1) is 114. The van der Waals surface area contributed by atoms with Crippen molar-refractivity contribution in [3.63, 3.8) is 0 Å². The van der Waals surface area contributed by atoms with E-state index in [2.05, 4.69) is 68.8 Å². The molecule has 0 spiro atoms. The lowest BCUT2D eigenvalue weighted by Crippen LogP contribution is -2.62. The second-order valence-corrected chi connectivity index (χ2v) is 39.0. The molecule has 17 amide bonds. The number of aromatic hydroxyl groups is 1. The number of para-hydroxylation sites is 2. The number of likely N-dealkylation sites (N-methyl/N-ethyl adjacent to an activating group) is 3. The number of carbonyl (C=O) groups excluding carboxylic acids is 17. The average Bonchev–Trinajstić information content (AvgIpc) is 1.65. The number of carboxylic acid groups (broad SMARTS) is 1. The van der Waals surface area contributed by atoms with E-state index >= 15 is 47.9 Å². The Hall–Kier alpha value is -12.9. The number of nitrogens with two attached hydrogens (primary N) is 2. The number of H-pyrrole nitrogens is 1. The molecule has 46 heteroatoms. The second kappa shape index (κ2) is 54.5. The number of benzene rings is 3. The van der Waals surface area contributed by atoms with Gasteiger partial charge in [-0.15, -0.1) is 11.8 Å². The average molecular weight is 2020 g/mol. The quantitative estimate of drug-likeness (QED) is 0.0306. The highest BCUT2D eigenvalue weighted by Crippen LogP contribution is 2.29. The molecule has 6 heterocycles. The number of phenols is 1. The zero-order valence-corrected chi connectivity index (χ0v) is 83.4.